The fourth-order valence-corrected chi connectivity index (χ4v) is 2.77. The Bertz CT molecular complexity index is 149. The Labute approximate surface area is 69.8 Å². The summed E-state index contributed by atoms with van der Waals surface area (Å²) in [5.74, 6) is 1.04. The lowest BCUT2D eigenvalue weighted by Crippen LogP contribution is -2.14. The Morgan fingerprint density at radius 3 is 2.73 bits per heavy atom. The lowest BCUT2D eigenvalue weighted by molar-refractivity contribution is 0.370. The van der Waals surface area contributed by atoms with E-state index in [0.29, 0.717) is 0 Å². The van der Waals surface area contributed by atoms with Crippen LogP contribution in [0.25, 0.3) is 0 Å². The van der Waals surface area contributed by atoms with Crippen molar-refractivity contribution in [3.05, 3.63) is 0 Å². The van der Waals surface area contributed by atoms with Crippen molar-refractivity contribution in [2.75, 3.05) is 20.1 Å². The van der Waals surface area contributed by atoms with Gasteiger partial charge in [0.05, 0.1) is 0 Å². The van der Waals surface area contributed by atoms with E-state index in [9.17, 15) is 0 Å². The zero-order valence-electron chi connectivity index (χ0n) is 7.77. The van der Waals surface area contributed by atoms with Crippen molar-refractivity contribution in [2.24, 2.45) is 11.3 Å². The number of hydrogen-bond donors (Lipinski definition) is 0. The molecule has 0 radical (unpaired) electrons. The Morgan fingerprint density at radius 1 is 1.45 bits per heavy atom. The summed E-state index contributed by atoms with van der Waals surface area (Å²) in [7, 11) is 2.27. The van der Waals surface area contributed by atoms with Gasteiger partial charge in [-0.1, -0.05) is 13.3 Å². The smallest absolute Gasteiger partial charge is 0.00382 e. The standard InChI is InChI=1S/C10H19N/c1-3-4-9-7-11(2)8-10(9)5-6-10/h9H,3-8H2,1-2H3. The highest BCUT2D eigenvalue weighted by Crippen LogP contribution is 2.57. The maximum atomic E-state index is 2.52. The normalized spacial score (nSPS) is 34.9. The molecule has 2 aliphatic rings. The quantitative estimate of drug-likeness (QED) is 0.587. The van der Waals surface area contributed by atoms with E-state index in [1.165, 1.54) is 38.8 Å². The Hall–Kier alpha value is -0.0400. The Morgan fingerprint density at radius 2 is 2.18 bits per heavy atom. The van der Waals surface area contributed by atoms with Gasteiger partial charge in [0.1, 0.15) is 0 Å². The van der Waals surface area contributed by atoms with Gasteiger partial charge in [0.15, 0.2) is 0 Å². The maximum Gasteiger partial charge on any atom is 0.00382 e. The molecule has 1 aliphatic heterocycles. The van der Waals surface area contributed by atoms with E-state index >= 15 is 0 Å². The van der Waals surface area contributed by atoms with E-state index in [1.807, 2.05) is 0 Å². The number of likely N-dealkylation sites (tertiary alicyclic amines) is 1. The van der Waals surface area contributed by atoms with Crippen LogP contribution >= 0.6 is 0 Å². The molecule has 1 heteroatoms. The van der Waals surface area contributed by atoms with Crippen LogP contribution in [0.15, 0.2) is 0 Å². The highest BCUT2D eigenvalue weighted by atomic mass is 15.1. The number of hydrogen-bond acceptors (Lipinski definition) is 1. The molecule has 0 aromatic carbocycles. The maximum absolute atomic E-state index is 2.52. The molecule has 0 aromatic heterocycles. The van der Waals surface area contributed by atoms with Gasteiger partial charge in [0.25, 0.3) is 0 Å². The van der Waals surface area contributed by atoms with E-state index < -0.39 is 0 Å². The largest absolute Gasteiger partial charge is 0.306 e. The summed E-state index contributed by atoms with van der Waals surface area (Å²) in [5, 5.41) is 0. The third-order valence-electron chi connectivity index (χ3n) is 3.51. The molecule has 11 heavy (non-hydrogen) atoms. The topological polar surface area (TPSA) is 3.24 Å². The first kappa shape index (κ1) is 7.60. The second kappa shape index (κ2) is 2.48. The third-order valence-corrected chi connectivity index (χ3v) is 3.51. The first-order valence-corrected chi connectivity index (χ1v) is 4.95. The van der Waals surface area contributed by atoms with Crippen LogP contribution in [-0.4, -0.2) is 25.0 Å². The minimum absolute atomic E-state index is 0.810. The highest BCUT2D eigenvalue weighted by molar-refractivity contribution is 5.04. The molecule has 1 spiro atoms. The predicted molar refractivity (Wildman–Crippen MR) is 47.6 cm³/mol. The zero-order chi connectivity index (χ0) is 7.90. The van der Waals surface area contributed by atoms with Crippen LogP contribution in [0.1, 0.15) is 32.6 Å². The van der Waals surface area contributed by atoms with E-state index in [2.05, 4.69) is 18.9 Å². The van der Waals surface area contributed by atoms with Crippen molar-refractivity contribution in [3.8, 4) is 0 Å². The predicted octanol–water partition coefficient (Wildman–Crippen LogP) is 2.13. The Balaban J connectivity index is 1.97. The fourth-order valence-electron chi connectivity index (χ4n) is 2.77. The summed E-state index contributed by atoms with van der Waals surface area (Å²) in [6.45, 7) is 5.07. The van der Waals surface area contributed by atoms with Gasteiger partial charge in [0.2, 0.25) is 0 Å². The van der Waals surface area contributed by atoms with Gasteiger partial charge in [0, 0.05) is 13.1 Å². The van der Waals surface area contributed by atoms with Gasteiger partial charge in [-0.15, -0.1) is 0 Å². The molecule has 1 unspecified atom stereocenters. The summed E-state index contributed by atoms with van der Waals surface area (Å²) < 4.78 is 0. The summed E-state index contributed by atoms with van der Waals surface area (Å²) in [6, 6.07) is 0. The molecule has 1 heterocycles. The highest BCUT2D eigenvalue weighted by Gasteiger charge is 2.53. The van der Waals surface area contributed by atoms with E-state index in [4.69, 9.17) is 0 Å². The molecule has 2 rings (SSSR count). The minimum atomic E-state index is 0.810. The van der Waals surface area contributed by atoms with Crippen LogP contribution < -0.4 is 0 Å². The van der Waals surface area contributed by atoms with Crippen LogP contribution in [0.3, 0.4) is 0 Å². The molecule has 1 atom stereocenters. The zero-order valence-corrected chi connectivity index (χ0v) is 7.77. The van der Waals surface area contributed by atoms with Gasteiger partial charge < -0.3 is 4.90 Å². The van der Waals surface area contributed by atoms with Crippen molar-refractivity contribution in [2.45, 2.75) is 32.6 Å². The summed E-state index contributed by atoms with van der Waals surface area (Å²) >= 11 is 0. The molecule has 0 aromatic rings. The molecule has 0 bridgehead atoms. The summed E-state index contributed by atoms with van der Waals surface area (Å²) in [5.41, 5.74) is 0.810. The third kappa shape index (κ3) is 1.20. The van der Waals surface area contributed by atoms with Gasteiger partial charge >= 0.3 is 0 Å². The first-order chi connectivity index (χ1) is 5.27. The molecule has 1 aliphatic carbocycles. The monoisotopic (exact) mass is 153 g/mol. The van der Waals surface area contributed by atoms with Crippen LogP contribution in [0, 0.1) is 11.3 Å². The average molecular weight is 153 g/mol. The SMILES string of the molecule is CCCC1CN(C)CC12CC2. The van der Waals surface area contributed by atoms with Gasteiger partial charge in [-0.2, -0.15) is 0 Å². The van der Waals surface area contributed by atoms with Gasteiger partial charge in [-0.3, -0.25) is 0 Å². The second-order valence-electron chi connectivity index (χ2n) is 4.54. The summed E-state index contributed by atoms with van der Waals surface area (Å²) in [4.78, 5) is 2.52. The van der Waals surface area contributed by atoms with Gasteiger partial charge in [-0.25, -0.2) is 0 Å². The van der Waals surface area contributed by atoms with E-state index in [-0.39, 0.29) is 0 Å². The molecular formula is C10H19N. The molecular weight excluding hydrogens is 134 g/mol. The Kier molecular flexibility index (Phi) is 1.71. The van der Waals surface area contributed by atoms with Crippen LogP contribution in [0.5, 0.6) is 0 Å². The van der Waals surface area contributed by atoms with E-state index in [0.717, 1.165) is 11.3 Å². The van der Waals surface area contributed by atoms with Crippen LogP contribution in [0.2, 0.25) is 0 Å². The van der Waals surface area contributed by atoms with Crippen molar-refractivity contribution >= 4 is 0 Å². The molecule has 64 valence electrons. The van der Waals surface area contributed by atoms with Crippen LogP contribution in [0.4, 0.5) is 0 Å². The van der Waals surface area contributed by atoms with Crippen molar-refractivity contribution in [3.63, 3.8) is 0 Å². The lowest BCUT2D eigenvalue weighted by Gasteiger charge is -2.14. The first-order valence-electron chi connectivity index (χ1n) is 4.95. The molecule has 1 saturated carbocycles. The summed E-state index contributed by atoms with van der Waals surface area (Å²) in [6.07, 6.45) is 5.87. The fraction of sp³-hybridized carbons (Fsp3) is 1.00. The molecule has 1 saturated heterocycles. The average Bonchev–Trinajstić information content (AvgIpc) is 2.61. The molecule has 0 N–H and O–H groups in total. The lowest BCUT2D eigenvalue weighted by atomic mass is 9.89. The molecule has 0 amide bonds. The van der Waals surface area contributed by atoms with Crippen molar-refractivity contribution in [1.29, 1.82) is 0 Å². The van der Waals surface area contributed by atoms with Gasteiger partial charge in [-0.05, 0) is 37.6 Å². The number of nitrogens with zero attached hydrogens (tertiary/aromatic N) is 1. The van der Waals surface area contributed by atoms with Crippen molar-refractivity contribution in [1.82, 2.24) is 4.90 Å². The molecule has 1 nitrogen and oxygen atoms in total. The number of rotatable bonds is 2. The second-order valence-corrected chi connectivity index (χ2v) is 4.54. The van der Waals surface area contributed by atoms with E-state index in [1.54, 1.807) is 0 Å². The molecule has 2 fully saturated rings. The van der Waals surface area contributed by atoms with Crippen molar-refractivity contribution < 1.29 is 0 Å². The minimum Gasteiger partial charge on any atom is -0.306 e. The van der Waals surface area contributed by atoms with Crippen LogP contribution in [-0.2, 0) is 0 Å².